The predicted octanol–water partition coefficient (Wildman–Crippen LogP) is 4.38. The van der Waals surface area contributed by atoms with Gasteiger partial charge in [-0.1, -0.05) is 11.6 Å². The van der Waals surface area contributed by atoms with E-state index in [9.17, 15) is 18.0 Å². The number of rotatable bonds is 11. The fourth-order valence-electron chi connectivity index (χ4n) is 3.48. The number of hydrogen-bond donors (Lipinski definition) is 1. The standard InChI is InChI=1S/C26H27ClN2O8S/c1-5-37-19-9-7-18(8-10-19)29(38(32,33)20-11-13-23(34-2)24(15-20)35-3)16-25(30)28-22-14-17(26(31)36-4)6-12-21(22)27/h6-15H,5,16H2,1-4H3,(H,28,30). The first-order chi connectivity index (χ1) is 18.1. The van der Waals surface area contributed by atoms with Crippen molar-refractivity contribution in [2.45, 2.75) is 11.8 Å². The second kappa shape index (κ2) is 12.5. The molecule has 0 saturated carbocycles. The van der Waals surface area contributed by atoms with Gasteiger partial charge >= 0.3 is 5.97 Å². The van der Waals surface area contributed by atoms with Gasteiger partial charge in [-0.25, -0.2) is 13.2 Å². The van der Waals surface area contributed by atoms with Crippen molar-refractivity contribution in [1.29, 1.82) is 0 Å². The third-order valence-electron chi connectivity index (χ3n) is 5.33. The maximum Gasteiger partial charge on any atom is 0.337 e. The molecule has 0 aliphatic rings. The van der Waals surface area contributed by atoms with Gasteiger partial charge in [0.05, 0.1) is 54.8 Å². The lowest BCUT2D eigenvalue weighted by Crippen LogP contribution is -2.38. The molecule has 3 aromatic carbocycles. The number of benzene rings is 3. The Kier molecular flexibility index (Phi) is 9.43. The van der Waals surface area contributed by atoms with Crippen LogP contribution in [0.4, 0.5) is 11.4 Å². The van der Waals surface area contributed by atoms with Gasteiger partial charge in [-0.3, -0.25) is 9.10 Å². The molecule has 3 rings (SSSR count). The van der Waals surface area contributed by atoms with Gasteiger partial charge in [0.1, 0.15) is 12.3 Å². The first-order valence-corrected chi connectivity index (χ1v) is 13.1. The van der Waals surface area contributed by atoms with Gasteiger partial charge in [-0.05, 0) is 61.5 Å². The quantitative estimate of drug-likeness (QED) is 0.342. The van der Waals surface area contributed by atoms with E-state index in [-0.39, 0.29) is 32.6 Å². The maximum atomic E-state index is 13.8. The summed E-state index contributed by atoms with van der Waals surface area (Å²) in [6, 6.07) is 14.6. The van der Waals surface area contributed by atoms with E-state index in [1.165, 1.54) is 69.9 Å². The lowest BCUT2D eigenvalue weighted by atomic mass is 10.2. The number of amides is 1. The van der Waals surface area contributed by atoms with Crippen molar-refractivity contribution in [3.63, 3.8) is 0 Å². The van der Waals surface area contributed by atoms with Gasteiger partial charge in [-0.15, -0.1) is 0 Å². The molecule has 0 radical (unpaired) electrons. The summed E-state index contributed by atoms with van der Waals surface area (Å²) < 4.78 is 49.1. The summed E-state index contributed by atoms with van der Waals surface area (Å²) in [4.78, 5) is 24.9. The van der Waals surface area contributed by atoms with Crippen LogP contribution in [0.3, 0.4) is 0 Å². The molecule has 1 N–H and O–H groups in total. The van der Waals surface area contributed by atoms with E-state index in [0.717, 1.165) is 4.31 Å². The van der Waals surface area contributed by atoms with E-state index in [0.29, 0.717) is 18.1 Å². The Bertz CT molecular complexity index is 1410. The smallest absolute Gasteiger partial charge is 0.337 e. The lowest BCUT2D eigenvalue weighted by molar-refractivity contribution is -0.114. The SMILES string of the molecule is CCOc1ccc(N(CC(=O)Nc2cc(C(=O)OC)ccc2Cl)S(=O)(=O)c2ccc(OC)c(OC)c2)cc1. The van der Waals surface area contributed by atoms with Crippen molar-refractivity contribution >= 4 is 44.9 Å². The van der Waals surface area contributed by atoms with Gasteiger partial charge in [0.25, 0.3) is 10.0 Å². The molecule has 0 aliphatic heterocycles. The number of methoxy groups -OCH3 is 3. The van der Waals surface area contributed by atoms with E-state index in [1.54, 1.807) is 12.1 Å². The molecule has 12 heteroatoms. The third-order valence-corrected chi connectivity index (χ3v) is 7.43. The molecule has 0 heterocycles. The highest BCUT2D eigenvalue weighted by atomic mass is 35.5. The third kappa shape index (κ3) is 6.48. The molecule has 0 aromatic heterocycles. The summed E-state index contributed by atoms with van der Waals surface area (Å²) in [5.41, 5.74) is 0.496. The maximum absolute atomic E-state index is 13.8. The molecular formula is C26H27ClN2O8S. The zero-order valence-electron chi connectivity index (χ0n) is 21.2. The Balaban J connectivity index is 2.00. The van der Waals surface area contributed by atoms with Gasteiger partial charge in [0.2, 0.25) is 5.91 Å². The summed E-state index contributed by atoms with van der Waals surface area (Å²) in [7, 11) is -0.225. The van der Waals surface area contributed by atoms with Gasteiger partial charge in [-0.2, -0.15) is 0 Å². The van der Waals surface area contributed by atoms with E-state index < -0.39 is 28.4 Å². The van der Waals surface area contributed by atoms with Crippen molar-refractivity contribution in [2.24, 2.45) is 0 Å². The van der Waals surface area contributed by atoms with Crippen molar-refractivity contribution < 1.29 is 37.0 Å². The first-order valence-electron chi connectivity index (χ1n) is 11.3. The number of carbonyl (C=O) groups is 2. The highest BCUT2D eigenvalue weighted by molar-refractivity contribution is 7.92. The summed E-state index contributed by atoms with van der Waals surface area (Å²) in [6.07, 6.45) is 0. The van der Waals surface area contributed by atoms with Crippen LogP contribution in [0, 0.1) is 0 Å². The molecule has 0 fully saturated rings. The monoisotopic (exact) mass is 562 g/mol. The zero-order chi connectivity index (χ0) is 27.9. The van der Waals surface area contributed by atoms with Crippen molar-refractivity contribution in [3.8, 4) is 17.2 Å². The fraction of sp³-hybridized carbons (Fsp3) is 0.231. The highest BCUT2D eigenvalue weighted by Crippen LogP contribution is 2.33. The molecule has 0 unspecified atom stereocenters. The molecule has 0 saturated heterocycles. The van der Waals surface area contributed by atoms with Crippen LogP contribution in [0.5, 0.6) is 17.2 Å². The molecule has 0 spiro atoms. The van der Waals surface area contributed by atoms with Crippen molar-refractivity contribution in [3.05, 3.63) is 71.2 Å². The molecule has 202 valence electrons. The minimum absolute atomic E-state index is 0.120. The number of halogens is 1. The molecule has 1 amide bonds. The first kappa shape index (κ1) is 28.6. The molecular weight excluding hydrogens is 536 g/mol. The molecule has 10 nitrogen and oxygen atoms in total. The van der Waals surface area contributed by atoms with Gasteiger partial charge < -0.3 is 24.3 Å². The van der Waals surface area contributed by atoms with E-state index in [2.05, 4.69) is 5.32 Å². The summed E-state index contributed by atoms with van der Waals surface area (Å²) in [6.45, 7) is 1.65. The predicted molar refractivity (Wildman–Crippen MR) is 143 cm³/mol. The molecule has 38 heavy (non-hydrogen) atoms. The minimum Gasteiger partial charge on any atom is -0.494 e. The average molecular weight is 563 g/mol. The zero-order valence-corrected chi connectivity index (χ0v) is 22.8. The normalized spacial score (nSPS) is 10.9. The van der Waals surface area contributed by atoms with Crippen LogP contribution in [0.25, 0.3) is 0 Å². The molecule has 0 aliphatic carbocycles. The fourth-order valence-corrected chi connectivity index (χ4v) is 5.08. The largest absolute Gasteiger partial charge is 0.494 e. The topological polar surface area (TPSA) is 120 Å². The number of carbonyl (C=O) groups excluding carboxylic acids is 2. The van der Waals surface area contributed by atoms with Crippen LogP contribution in [-0.2, 0) is 19.6 Å². The van der Waals surface area contributed by atoms with Crippen LogP contribution < -0.4 is 23.8 Å². The van der Waals surface area contributed by atoms with Crippen LogP contribution in [-0.4, -0.2) is 54.8 Å². The van der Waals surface area contributed by atoms with Gasteiger partial charge in [0.15, 0.2) is 11.5 Å². The van der Waals surface area contributed by atoms with Crippen molar-refractivity contribution in [1.82, 2.24) is 0 Å². The Morgan fingerprint density at radius 3 is 2.21 bits per heavy atom. The Morgan fingerprint density at radius 2 is 1.61 bits per heavy atom. The number of hydrogen-bond acceptors (Lipinski definition) is 8. The Labute approximate surface area is 226 Å². The van der Waals surface area contributed by atoms with E-state index >= 15 is 0 Å². The number of nitrogens with one attached hydrogen (secondary N) is 1. The lowest BCUT2D eigenvalue weighted by Gasteiger charge is -2.25. The van der Waals surface area contributed by atoms with E-state index in [1.807, 2.05) is 6.92 Å². The van der Waals surface area contributed by atoms with Gasteiger partial charge in [0, 0.05) is 6.07 Å². The number of ether oxygens (including phenoxy) is 4. The Morgan fingerprint density at radius 1 is 0.921 bits per heavy atom. The number of nitrogens with zero attached hydrogens (tertiary/aromatic N) is 1. The molecule has 0 atom stereocenters. The summed E-state index contributed by atoms with van der Waals surface area (Å²) >= 11 is 6.20. The van der Waals surface area contributed by atoms with E-state index in [4.69, 9.17) is 30.5 Å². The molecule has 0 bridgehead atoms. The average Bonchev–Trinajstić information content (AvgIpc) is 2.92. The molecule has 3 aromatic rings. The number of anilines is 2. The van der Waals surface area contributed by atoms with Crippen LogP contribution >= 0.6 is 11.6 Å². The van der Waals surface area contributed by atoms with Crippen LogP contribution in [0.1, 0.15) is 17.3 Å². The second-order valence-electron chi connectivity index (χ2n) is 7.69. The highest BCUT2D eigenvalue weighted by Gasteiger charge is 2.29. The number of sulfonamides is 1. The van der Waals surface area contributed by atoms with Crippen LogP contribution in [0.2, 0.25) is 5.02 Å². The Hall–Kier alpha value is -3.96. The van der Waals surface area contributed by atoms with Crippen LogP contribution in [0.15, 0.2) is 65.6 Å². The van der Waals surface area contributed by atoms with Crippen molar-refractivity contribution in [2.75, 3.05) is 44.1 Å². The second-order valence-corrected chi connectivity index (χ2v) is 9.96. The number of esters is 1. The summed E-state index contributed by atoms with van der Waals surface area (Å²) in [5, 5.41) is 2.73. The summed E-state index contributed by atoms with van der Waals surface area (Å²) in [5.74, 6) is -0.236. The minimum atomic E-state index is -4.27.